The predicted molar refractivity (Wildman–Crippen MR) is 47.3 cm³/mol. The van der Waals surface area contributed by atoms with Crippen molar-refractivity contribution < 1.29 is 4.52 Å². The highest BCUT2D eigenvalue weighted by Crippen LogP contribution is 2.13. The Hall–Kier alpha value is -1.84. The molecular formula is C9H8N2O2. The normalized spacial score (nSPS) is 10.2. The molecule has 0 amide bonds. The van der Waals surface area contributed by atoms with Crippen molar-refractivity contribution in [2.45, 2.75) is 6.92 Å². The number of aromatic nitrogens is 2. The fourth-order valence-electron chi connectivity index (χ4n) is 1.07. The maximum absolute atomic E-state index is 10.6. The SMILES string of the molecule is Cc1ccc(-c2noc(=O)[nH]2)cc1. The van der Waals surface area contributed by atoms with Crippen molar-refractivity contribution in [3.63, 3.8) is 0 Å². The van der Waals surface area contributed by atoms with Crippen molar-refractivity contribution in [3.05, 3.63) is 40.4 Å². The van der Waals surface area contributed by atoms with E-state index < -0.39 is 5.76 Å². The molecule has 2 rings (SSSR count). The second kappa shape index (κ2) is 2.90. The van der Waals surface area contributed by atoms with Gasteiger partial charge in [-0.15, -0.1) is 0 Å². The second-order valence-corrected chi connectivity index (χ2v) is 2.81. The van der Waals surface area contributed by atoms with E-state index in [0.717, 1.165) is 11.1 Å². The Balaban J connectivity index is 2.47. The Bertz CT molecular complexity index is 453. The van der Waals surface area contributed by atoms with Crippen LogP contribution in [0, 0.1) is 6.92 Å². The third kappa shape index (κ3) is 1.51. The predicted octanol–water partition coefficient (Wildman–Crippen LogP) is 1.34. The molecule has 1 aromatic heterocycles. The highest BCUT2D eigenvalue weighted by Gasteiger charge is 2.02. The topological polar surface area (TPSA) is 58.9 Å². The molecular weight excluding hydrogens is 168 g/mol. The van der Waals surface area contributed by atoms with Crippen LogP contribution in [0.5, 0.6) is 0 Å². The van der Waals surface area contributed by atoms with Gasteiger partial charge < -0.3 is 0 Å². The molecule has 13 heavy (non-hydrogen) atoms. The van der Waals surface area contributed by atoms with Gasteiger partial charge in [-0.05, 0) is 6.92 Å². The minimum absolute atomic E-state index is 0.463. The van der Waals surface area contributed by atoms with Gasteiger partial charge in [-0.3, -0.25) is 9.51 Å². The van der Waals surface area contributed by atoms with E-state index in [0.29, 0.717) is 5.82 Å². The summed E-state index contributed by atoms with van der Waals surface area (Å²) in [7, 11) is 0. The van der Waals surface area contributed by atoms with Gasteiger partial charge in [-0.1, -0.05) is 35.0 Å². The van der Waals surface area contributed by atoms with Crippen molar-refractivity contribution in [1.82, 2.24) is 10.1 Å². The third-order valence-corrected chi connectivity index (χ3v) is 1.77. The summed E-state index contributed by atoms with van der Waals surface area (Å²) in [4.78, 5) is 13.1. The van der Waals surface area contributed by atoms with Gasteiger partial charge >= 0.3 is 5.76 Å². The van der Waals surface area contributed by atoms with Gasteiger partial charge in [0.05, 0.1) is 0 Å². The van der Waals surface area contributed by atoms with E-state index in [1.54, 1.807) is 0 Å². The zero-order valence-corrected chi connectivity index (χ0v) is 7.07. The number of rotatable bonds is 1. The number of nitrogens with one attached hydrogen (secondary N) is 1. The van der Waals surface area contributed by atoms with Gasteiger partial charge in [0, 0.05) is 5.56 Å². The summed E-state index contributed by atoms with van der Waals surface area (Å²) in [6.45, 7) is 2.00. The maximum atomic E-state index is 10.6. The summed E-state index contributed by atoms with van der Waals surface area (Å²) in [5.41, 5.74) is 2.01. The van der Waals surface area contributed by atoms with Gasteiger partial charge in [0.25, 0.3) is 0 Å². The Morgan fingerprint density at radius 1 is 1.31 bits per heavy atom. The highest BCUT2D eigenvalue weighted by atomic mass is 16.5. The number of aromatic amines is 1. The maximum Gasteiger partial charge on any atom is 0.439 e. The van der Waals surface area contributed by atoms with Gasteiger partial charge in [0.15, 0.2) is 5.82 Å². The van der Waals surface area contributed by atoms with Crippen LogP contribution < -0.4 is 5.76 Å². The van der Waals surface area contributed by atoms with Crippen LogP contribution in [0.4, 0.5) is 0 Å². The number of benzene rings is 1. The minimum Gasteiger partial charge on any atom is -0.296 e. The molecule has 1 heterocycles. The van der Waals surface area contributed by atoms with Crippen molar-refractivity contribution in [2.24, 2.45) is 0 Å². The molecule has 0 spiro atoms. The van der Waals surface area contributed by atoms with Crippen LogP contribution in [0.25, 0.3) is 11.4 Å². The van der Waals surface area contributed by atoms with Crippen molar-refractivity contribution in [3.8, 4) is 11.4 Å². The van der Waals surface area contributed by atoms with E-state index in [2.05, 4.69) is 14.7 Å². The summed E-state index contributed by atoms with van der Waals surface area (Å²) in [6.07, 6.45) is 0. The second-order valence-electron chi connectivity index (χ2n) is 2.81. The third-order valence-electron chi connectivity index (χ3n) is 1.77. The summed E-state index contributed by atoms with van der Waals surface area (Å²) >= 11 is 0. The van der Waals surface area contributed by atoms with Crippen LogP contribution in [0.2, 0.25) is 0 Å². The minimum atomic E-state index is -0.532. The lowest BCUT2D eigenvalue weighted by Gasteiger charge is -1.94. The molecule has 1 aromatic carbocycles. The molecule has 0 saturated carbocycles. The van der Waals surface area contributed by atoms with E-state index in [1.807, 2.05) is 31.2 Å². The van der Waals surface area contributed by atoms with Crippen molar-refractivity contribution >= 4 is 0 Å². The monoisotopic (exact) mass is 176 g/mol. The van der Waals surface area contributed by atoms with Gasteiger partial charge in [-0.2, -0.15) is 0 Å². The molecule has 0 bridgehead atoms. The molecule has 0 atom stereocenters. The fourth-order valence-corrected chi connectivity index (χ4v) is 1.07. The largest absolute Gasteiger partial charge is 0.439 e. The molecule has 0 unspecified atom stereocenters. The highest BCUT2D eigenvalue weighted by molar-refractivity contribution is 5.54. The van der Waals surface area contributed by atoms with Crippen LogP contribution in [0.3, 0.4) is 0 Å². The molecule has 1 N–H and O–H groups in total. The molecule has 2 aromatic rings. The molecule has 0 radical (unpaired) electrons. The summed E-state index contributed by atoms with van der Waals surface area (Å²) in [5, 5.41) is 3.57. The number of hydrogen-bond acceptors (Lipinski definition) is 3. The smallest absolute Gasteiger partial charge is 0.296 e. The van der Waals surface area contributed by atoms with E-state index in [4.69, 9.17) is 0 Å². The quantitative estimate of drug-likeness (QED) is 0.713. The number of nitrogens with zero attached hydrogens (tertiary/aromatic N) is 1. The molecule has 0 fully saturated rings. The summed E-state index contributed by atoms with van der Waals surface area (Å²) in [6, 6.07) is 7.65. The number of H-pyrrole nitrogens is 1. The van der Waals surface area contributed by atoms with Crippen LogP contribution in [0.1, 0.15) is 5.56 Å². The average Bonchev–Trinajstić information content (AvgIpc) is 2.53. The van der Waals surface area contributed by atoms with Gasteiger partial charge in [0.2, 0.25) is 0 Å². The lowest BCUT2D eigenvalue weighted by molar-refractivity contribution is 0.388. The van der Waals surface area contributed by atoms with E-state index in [9.17, 15) is 4.79 Å². The Morgan fingerprint density at radius 2 is 2.00 bits per heavy atom. The molecule has 4 heteroatoms. The summed E-state index contributed by atoms with van der Waals surface area (Å²) < 4.78 is 4.39. The van der Waals surface area contributed by atoms with Gasteiger partial charge in [0.1, 0.15) is 0 Å². The zero-order valence-electron chi connectivity index (χ0n) is 7.07. The first-order valence-electron chi connectivity index (χ1n) is 3.89. The number of hydrogen-bond donors (Lipinski definition) is 1. The van der Waals surface area contributed by atoms with Crippen LogP contribution in [-0.4, -0.2) is 10.1 Å². The first-order chi connectivity index (χ1) is 6.25. The Labute approximate surface area is 74.2 Å². The van der Waals surface area contributed by atoms with Gasteiger partial charge in [-0.25, -0.2) is 4.79 Å². The van der Waals surface area contributed by atoms with E-state index in [1.165, 1.54) is 0 Å². The first-order valence-corrected chi connectivity index (χ1v) is 3.89. The molecule has 4 nitrogen and oxygen atoms in total. The van der Waals surface area contributed by atoms with Crippen LogP contribution >= 0.6 is 0 Å². The lowest BCUT2D eigenvalue weighted by Crippen LogP contribution is -1.94. The average molecular weight is 176 g/mol. The van der Waals surface area contributed by atoms with Crippen LogP contribution in [-0.2, 0) is 0 Å². The fraction of sp³-hybridized carbons (Fsp3) is 0.111. The number of aryl methyl sites for hydroxylation is 1. The van der Waals surface area contributed by atoms with Crippen LogP contribution in [0.15, 0.2) is 33.6 Å². The van der Waals surface area contributed by atoms with E-state index >= 15 is 0 Å². The summed E-state index contributed by atoms with van der Waals surface area (Å²) in [5.74, 6) is -0.0689. The molecule has 0 aliphatic heterocycles. The van der Waals surface area contributed by atoms with Crippen molar-refractivity contribution in [2.75, 3.05) is 0 Å². The molecule has 0 saturated heterocycles. The zero-order chi connectivity index (χ0) is 9.26. The Kier molecular flexibility index (Phi) is 1.73. The molecule has 0 aliphatic rings. The Morgan fingerprint density at radius 3 is 2.54 bits per heavy atom. The standard InChI is InChI=1S/C9H8N2O2/c1-6-2-4-7(5-3-6)8-10-9(12)13-11-8/h2-5H,1H3,(H,10,11,12). The first kappa shape index (κ1) is 7.79. The molecule has 66 valence electrons. The molecule has 0 aliphatic carbocycles. The lowest BCUT2D eigenvalue weighted by atomic mass is 10.1. The van der Waals surface area contributed by atoms with Crippen molar-refractivity contribution in [1.29, 1.82) is 0 Å². The van der Waals surface area contributed by atoms with E-state index in [-0.39, 0.29) is 0 Å².